The van der Waals surface area contributed by atoms with Crippen LogP contribution in [0.4, 0.5) is 0 Å². The highest BCUT2D eigenvalue weighted by Crippen LogP contribution is 2.43. The van der Waals surface area contributed by atoms with Gasteiger partial charge < -0.3 is 15.2 Å². The number of ether oxygens (including phenoxy) is 2. The second kappa shape index (κ2) is 7.41. The first-order chi connectivity index (χ1) is 13.2. The summed E-state index contributed by atoms with van der Waals surface area (Å²) in [6.45, 7) is 0.509. The fourth-order valence-corrected chi connectivity index (χ4v) is 4.01. The van der Waals surface area contributed by atoms with E-state index < -0.39 is 0 Å². The highest BCUT2D eigenvalue weighted by atomic mass is 16.5. The van der Waals surface area contributed by atoms with Crippen LogP contribution < -0.4 is 16.6 Å². The third-order valence-electron chi connectivity index (χ3n) is 5.28. The maximum absolute atomic E-state index is 9.72. The molecule has 2 aliphatic rings. The molecular weight excluding hydrogens is 340 g/mol. The Balaban J connectivity index is 1.72. The van der Waals surface area contributed by atoms with E-state index in [0.29, 0.717) is 12.2 Å². The number of fused-ring (bicyclic) bond motifs is 1. The number of hydrazine groups is 1. The smallest absolute Gasteiger partial charge is 0.200 e. The Bertz CT molecular complexity index is 873. The zero-order valence-electron chi connectivity index (χ0n) is 15.1. The molecule has 2 aromatic carbocycles. The minimum atomic E-state index is -0.305. The normalized spacial score (nSPS) is 27.0. The van der Waals surface area contributed by atoms with Crippen LogP contribution in [0.15, 0.2) is 66.1 Å². The number of hydrogen-bond acceptors (Lipinski definition) is 6. The number of benzene rings is 2. The lowest BCUT2D eigenvalue weighted by molar-refractivity contribution is 0.0279. The lowest BCUT2D eigenvalue weighted by atomic mass is 9.75. The second-order valence-electron chi connectivity index (χ2n) is 6.82. The lowest BCUT2D eigenvalue weighted by Crippen LogP contribution is -2.42. The summed E-state index contributed by atoms with van der Waals surface area (Å²) in [7, 11) is 1.66. The first kappa shape index (κ1) is 17.6. The second-order valence-corrected chi connectivity index (χ2v) is 6.82. The van der Waals surface area contributed by atoms with E-state index in [2.05, 4.69) is 53.3 Å². The molecule has 2 heterocycles. The summed E-state index contributed by atoms with van der Waals surface area (Å²) in [6, 6.07) is 20.8. The molecule has 1 saturated heterocycles. The predicted octanol–water partition coefficient (Wildman–Crippen LogP) is 2.23. The van der Waals surface area contributed by atoms with Crippen molar-refractivity contribution in [3.8, 4) is 17.2 Å². The Kier molecular flexibility index (Phi) is 4.82. The first-order valence-electron chi connectivity index (χ1n) is 8.94. The Morgan fingerprint density at radius 1 is 1.07 bits per heavy atom. The Morgan fingerprint density at radius 3 is 2.44 bits per heavy atom. The van der Waals surface area contributed by atoms with Crippen molar-refractivity contribution >= 4 is 0 Å². The summed E-state index contributed by atoms with van der Waals surface area (Å²) in [4.78, 5) is 0. The standard InChI is InChI=1S/C21H22N4O2/c1-26-12-17-19-18(16(11-22)20(23)27-21(19)25-24-17)15-9-7-14(8-10-15)13-5-3-2-4-6-13/h2-10,17-19,21,24-25H,12,23H2,1H3. The maximum Gasteiger partial charge on any atom is 0.200 e. The van der Waals surface area contributed by atoms with Crippen molar-refractivity contribution in [2.45, 2.75) is 18.2 Å². The summed E-state index contributed by atoms with van der Waals surface area (Å²) in [5.41, 5.74) is 16.2. The van der Waals surface area contributed by atoms with Crippen LogP contribution in [0.25, 0.3) is 11.1 Å². The number of allylic oxidation sites excluding steroid dienone is 1. The number of rotatable bonds is 4. The van der Waals surface area contributed by atoms with E-state index >= 15 is 0 Å². The van der Waals surface area contributed by atoms with E-state index in [9.17, 15) is 5.26 Å². The molecule has 0 bridgehead atoms. The van der Waals surface area contributed by atoms with Gasteiger partial charge >= 0.3 is 0 Å². The van der Waals surface area contributed by atoms with Crippen LogP contribution in [0.1, 0.15) is 11.5 Å². The zero-order valence-corrected chi connectivity index (χ0v) is 15.1. The molecule has 0 radical (unpaired) electrons. The van der Waals surface area contributed by atoms with Crippen LogP contribution in [-0.4, -0.2) is 26.0 Å². The van der Waals surface area contributed by atoms with Gasteiger partial charge in [0.05, 0.1) is 18.2 Å². The maximum atomic E-state index is 9.72. The van der Waals surface area contributed by atoms with Gasteiger partial charge in [-0.15, -0.1) is 0 Å². The number of nitrogens with one attached hydrogen (secondary N) is 2. The van der Waals surface area contributed by atoms with Crippen LogP contribution in [0.2, 0.25) is 0 Å². The highest BCUT2D eigenvalue weighted by Gasteiger charge is 2.48. The Hall–Kier alpha value is -2.85. The first-order valence-corrected chi connectivity index (χ1v) is 8.94. The average molecular weight is 362 g/mol. The van der Waals surface area contributed by atoms with E-state index in [1.807, 2.05) is 18.2 Å². The van der Waals surface area contributed by atoms with Gasteiger partial charge in [0.1, 0.15) is 6.07 Å². The fourth-order valence-electron chi connectivity index (χ4n) is 4.01. The number of hydrogen-bond donors (Lipinski definition) is 3. The molecule has 0 aromatic heterocycles. The monoisotopic (exact) mass is 362 g/mol. The summed E-state index contributed by atoms with van der Waals surface area (Å²) in [5, 5.41) is 9.72. The van der Waals surface area contributed by atoms with Crippen molar-refractivity contribution in [3.05, 3.63) is 71.6 Å². The lowest BCUT2D eigenvalue weighted by Gasteiger charge is -2.35. The van der Waals surface area contributed by atoms with Crippen molar-refractivity contribution in [1.29, 1.82) is 5.26 Å². The largest absolute Gasteiger partial charge is 0.458 e. The van der Waals surface area contributed by atoms with Gasteiger partial charge in [-0.05, 0) is 16.7 Å². The quantitative estimate of drug-likeness (QED) is 0.772. The van der Waals surface area contributed by atoms with Crippen LogP contribution in [0.5, 0.6) is 0 Å². The van der Waals surface area contributed by atoms with Gasteiger partial charge in [0.25, 0.3) is 0 Å². The van der Waals surface area contributed by atoms with Gasteiger partial charge in [-0.3, -0.25) is 0 Å². The molecule has 138 valence electrons. The van der Waals surface area contributed by atoms with Crippen LogP contribution in [0, 0.1) is 17.2 Å². The molecule has 4 atom stereocenters. The highest BCUT2D eigenvalue weighted by molar-refractivity contribution is 5.64. The molecule has 4 unspecified atom stereocenters. The van der Waals surface area contributed by atoms with Crippen molar-refractivity contribution in [1.82, 2.24) is 10.9 Å². The van der Waals surface area contributed by atoms with E-state index in [1.54, 1.807) is 7.11 Å². The van der Waals surface area contributed by atoms with E-state index in [-0.39, 0.29) is 30.0 Å². The average Bonchev–Trinajstić information content (AvgIpc) is 3.10. The molecule has 1 fully saturated rings. The van der Waals surface area contributed by atoms with Gasteiger partial charge in [-0.2, -0.15) is 5.26 Å². The van der Waals surface area contributed by atoms with Crippen molar-refractivity contribution in [3.63, 3.8) is 0 Å². The molecular formula is C21H22N4O2. The summed E-state index contributed by atoms with van der Waals surface area (Å²) in [6.07, 6.45) is -0.305. The van der Waals surface area contributed by atoms with Gasteiger partial charge in [-0.1, -0.05) is 54.6 Å². The topological polar surface area (TPSA) is 92.3 Å². The molecule has 2 aliphatic heterocycles. The molecule has 0 saturated carbocycles. The third-order valence-corrected chi connectivity index (χ3v) is 5.28. The van der Waals surface area contributed by atoms with E-state index in [1.165, 1.54) is 0 Å². The van der Waals surface area contributed by atoms with Gasteiger partial charge in [0, 0.05) is 18.9 Å². The van der Waals surface area contributed by atoms with Crippen molar-refractivity contribution in [2.24, 2.45) is 11.7 Å². The van der Waals surface area contributed by atoms with Gasteiger partial charge in [0.2, 0.25) is 5.88 Å². The summed E-state index contributed by atoms with van der Waals surface area (Å²) < 4.78 is 11.1. The number of nitrogens with two attached hydrogens (primary N) is 1. The minimum absolute atomic E-state index is 0.00512. The van der Waals surface area contributed by atoms with Crippen LogP contribution >= 0.6 is 0 Å². The molecule has 0 amide bonds. The predicted molar refractivity (Wildman–Crippen MR) is 102 cm³/mol. The molecule has 4 N–H and O–H groups in total. The number of nitrogens with zero attached hydrogens (tertiary/aromatic N) is 1. The fraction of sp³-hybridized carbons (Fsp3) is 0.286. The summed E-state index contributed by atoms with van der Waals surface area (Å²) in [5.74, 6) is 0.0129. The SMILES string of the molecule is COCC1NNC2OC(N)=C(C#N)C(c3ccc(-c4ccccc4)cc3)C12. The zero-order chi connectivity index (χ0) is 18.8. The molecule has 6 nitrogen and oxygen atoms in total. The van der Waals surface area contributed by atoms with E-state index in [4.69, 9.17) is 15.2 Å². The molecule has 27 heavy (non-hydrogen) atoms. The van der Waals surface area contributed by atoms with Crippen molar-refractivity contribution in [2.75, 3.05) is 13.7 Å². The Labute approximate surface area is 158 Å². The third kappa shape index (κ3) is 3.17. The molecule has 4 rings (SSSR count). The molecule has 6 heteroatoms. The van der Waals surface area contributed by atoms with Crippen LogP contribution in [-0.2, 0) is 9.47 Å². The van der Waals surface area contributed by atoms with Crippen LogP contribution in [0.3, 0.4) is 0 Å². The summed E-state index contributed by atoms with van der Waals surface area (Å²) >= 11 is 0. The number of methoxy groups -OCH3 is 1. The molecule has 2 aromatic rings. The van der Waals surface area contributed by atoms with E-state index in [0.717, 1.165) is 16.7 Å². The molecule has 0 aliphatic carbocycles. The van der Waals surface area contributed by atoms with Crippen molar-refractivity contribution < 1.29 is 9.47 Å². The minimum Gasteiger partial charge on any atom is -0.458 e. The Morgan fingerprint density at radius 2 is 1.78 bits per heavy atom. The number of nitriles is 1. The van der Waals surface area contributed by atoms with Gasteiger partial charge in [-0.25, -0.2) is 10.9 Å². The van der Waals surface area contributed by atoms with Gasteiger partial charge in [0.15, 0.2) is 6.23 Å². The molecule has 0 spiro atoms.